The van der Waals surface area contributed by atoms with Crippen molar-refractivity contribution in [1.82, 2.24) is 10.3 Å². The van der Waals surface area contributed by atoms with Crippen molar-refractivity contribution in [1.29, 1.82) is 0 Å². The minimum absolute atomic E-state index is 0.487. The standard InChI is InChI=1S/C14H22N4O/c1-19-13-8-7-12(16-10-13)9-17-14(15)18-11-5-3-2-4-6-11/h7-8,10-11H,2-6,9H2,1H3,(H3,15,17,18). The lowest BCUT2D eigenvalue weighted by atomic mass is 9.96. The van der Waals surface area contributed by atoms with Crippen LogP contribution in [0.3, 0.4) is 0 Å². The van der Waals surface area contributed by atoms with Crippen LogP contribution in [-0.4, -0.2) is 24.1 Å². The number of aromatic nitrogens is 1. The number of rotatable bonds is 4. The Hall–Kier alpha value is -1.78. The molecule has 104 valence electrons. The molecule has 1 fully saturated rings. The Bertz CT molecular complexity index is 410. The van der Waals surface area contributed by atoms with Crippen molar-refractivity contribution < 1.29 is 4.74 Å². The average Bonchev–Trinajstić information content (AvgIpc) is 2.47. The van der Waals surface area contributed by atoms with E-state index in [2.05, 4.69) is 15.3 Å². The van der Waals surface area contributed by atoms with Crippen LogP contribution in [0, 0.1) is 0 Å². The summed E-state index contributed by atoms with van der Waals surface area (Å²) in [5.74, 6) is 1.27. The molecule has 0 amide bonds. The highest BCUT2D eigenvalue weighted by Crippen LogP contribution is 2.17. The smallest absolute Gasteiger partial charge is 0.189 e. The summed E-state index contributed by atoms with van der Waals surface area (Å²) in [6, 6.07) is 4.26. The van der Waals surface area contributed by atoms with Crippen LogP contribution in [0.5, 0.6) is 5.75 Å². The average molecular weight is 262 g/mol. The fourth-order valence-electron chi connectivity index (χ4n) is 2.29. The number of nitrogens with two attached hydrogens (primary N) is 1. The van der Waals surface area contributed by atoms with Crippen LogP contribution >= 0.6 is 0 Å². The van der Waals surface area contributed by atoms with Crippen molar-refractivity contribution in [2.24, 2.45) is 10.7 Å². The first kappa shape index (κ1) is 13.6. The quantitative estimate of drug-likeness (QED) is 0.641. The number of ether oxygens (including phenoxy) is 1. The first-order valence-corrected chi connectivity index (χ1v) is 6.83. The van der Waals surface area contributed by atoms with E-state index in [1.807, 2.05) is 12.1 Å². The summed E-state index contributed by atoms with van der Waals surface area (Å²) in [5.41, 5.74) is 6.78. The highest BCUT2D eigenvalue weighted by atomic mass is 16.5. The molecule has 1 aromatic rings. The number of hydrogen-bond donors (Lipinski definition) is 2. The zero-order valence-corrected chi connectivity index (χ0v) is 11.4. The van der Waals surface area contributed by atoms with Crippen LogP contribution in [0.15, 0.2) is 23.3 Å². The van der Waals surface area contributed by atoms with Crippen molar-refractivity contribution in [3.05, 3.63) is 24.0 Å². The number of hydrogen-bond acceptors (Lipinski definition) is 3. The largest absolute Gasteiger partial charge is 0.495 e. The monoisotopic (exact) mass is 262 g/mol. The first-order chi connectivity index (χ1) is 9.28. The maximum atomic E-state index is 5.89. The number of guanidine groups is 1. The van der Waals surface area contributed by atoms with Gasteiger partial charge >= 0.3 is 0 Å². The molecule has 19 heavy (non-hydrogen) atoms. The van der Waals surface area contributed by atoms with Crippen molar-refractivity contribution in [2.45, 2.75) is 44.7 Å². The lowest BCUT2D eigenvalue weighted by Crippen LogP contribution is -2.41. The molecule has 1 aliphatic carbocycles. The summed E-state index contributed by atoms with van der Waals surface area (Å²) in [6.07, 6.45) is 7.98. The minimum Gasteiger partial charge on any atom is -0.495 e. The molecule has 0 radical (unpaired) electrons. The molecular formula is C14H22N4O. The predicted octanol–water partition coefficient (Wildman–Crippen LogP) is 1.83. The predicted molar refractivity (Wildman–Crippen MR) is 76.1 cm³/mol. The number of pyridine rings is 1. The molecule has 0 saturated heterocycles. The third kappa shape index (κ3) is 4.43. The van der Waals surface area contributed by atoms with Gasteiger partial charge in [-0.3, -0.25) is 4.98 Å². The molecule has 1 saturated carbocycles. The van der Waals surface area contributed by atoms with Gasteiger partial charge in [0.05, 0.1) is 25.5 Å². The number of methoxy groups -OCH3 is 1. The van der Waals surface area contributed by atoms with E-state index in [0.717, 1.165) is 11.4 Å². The van der Waals surface area contributed by atoms with Crippen molar-refractivity contribution in [3.8, 4) is 5.75 Å². The van der Waals surface area contributed by atoms with Gasteiger partial charge in [0.2, 0.25) is 0 Å². The summed E-state index contributed by atoms with van der Waals surface area (Å²) < 4.78 is 5.06. The molecule has 2 rings (SSSR count). The Balaban J connectivity index is 1.82. The van der Waals surface area contributed by atoms with Crippen LogP contribution in [0.25, 0.3) is 0 Å². The highest BCUT2D eigenvalue weighted by Gasteiger charge is 2.13. The molecule has 3 N–H and O–H groups in total. The van der Waals surface area contributed by atoms with E-state index in [9.17, 15) is 0 Å². The first-order valence-electron chi connectivity index (χ1n) is 6.83. The van der Waals surface area contributed by atoms with E-state index < -0.39 is 0 Å². The van der Waals surface area contributed by atoms with Crippen LogP contribution in [0.1, 0.15) is 37.8 Å². The topological polar surface area (TPSA) is 72.5 Å². The lowest BCUT2D eigenvalue weighted by Gasteiger charge is -2.23. The number of aliphatic imine (C=N–C) groups is 1. The normalized spacial score (nSPS) is 17.2. The second kappa shape index (κ2) is 6.97. The number of nitrogens with one attached hydrogen (secondary N) is 1. The third-order valence-corrected chi connectivity index (χ3v) is 3.40. The van der Waals surface area contributed by atoms with Gasteiger partial charge in [-0.1, -0.05) is 19.3 Å². The van der Waals surface area contributed by atoms with E-state index in [1.165, 1.54) is 32.1 Å². The molecule has 0 aromatic carbocycles. The van der Waals surface area contributed by atoms with Gasteiger partial charge in [0.15, 0.2) is 5.96 Å². The molecule has 1 aromatic heterocycles. The highest BCUT2D eigenvalue weighted by molar-refractivity contribution is 5.78. The summed E-state index contributed by atoms with van der Waals surface area (Å²) in [5, 5.41) is 3.29. The van der Waals surface area contributed by atoms with Gasteiger partial charge in [0.25, 0.3) is 0 Å². The van der Waals surface area contributed by atoms with Crippen LogP contribution < -0.4 is 15.8 Å². The molecule has 0 unspecified atom stereocenters. The Morgan fingerprint density at radius 3 is 2.84 bits per heavy atom. The van der Waals surface area contributed by atoms with E-state index in [-0.39, 0.29) is 0 Å². The Labute approximate surface area is 114 Å². The van der Waals surface area contributed by atoms with E-state index in [0.29, 0.717) is 18.5 Å². The Morgan fingerprint density at radius 2 is 2.21 bits per heavy atom. The molecule has 0 spiro atoms. The zero-order chi connectivity index (χ0) is 13.5. The van der Waals surface area contributed by atoms with E-state index in [4.69, 9.17) is 10.5 Å². The van der Waals surface area contributed by atoms with Crippen LogP contribution in [0.2, 0.25) is 0 Å². The van der Waals surface area contributed by atoms with Crippen molar-refractivity contribution in [2.75, 3.05) is 7.11 Å². The molecule has 0 atom stereocenters. The lowest BCUT2D eigenvalue weighted by molar-refractivity contribution is 0.412. The summed E-state index contributed by atoms with van der Waals surface area (Å²) in [6.45, 7) is 0.496. The molecule has 5 nitrogen and oxygen atoms in total. The van der Waals surface area contributed by atoms with Gasteiger partial charge in [-0.25, -0.2) is 4.99 Å². The van der Waals surface area contributed by atoms with Crippen molar-refractivity contribution >= 4 is 5.96 Å². The molecular weight excluding hydrogens is 240 g/mol. The molecule has 0 aliphatic heterocycles. The Morgan fingerprint density at radius 1 is 1.42 bits per heavy atom. The second-order valence-corrected chi connectivity index (χ2v) is 4.87. The van der Waals surface area contributed by atoms with Gasteiger partial charge in [-0.05, 0) is 25.0 Å². The van der Waals surface area contributed by atoms with Gasteiger partial charge in [0.1, 0.15) is 5.75 Å². The van der Waals surface area contributed by atoms with E-state index in [1.54, 1.807) is 13.3 Å². The molecule has 1 heterocycles. The third-order valence-electron chi connectivity index (χ3n) is 3.40. The minimum atomic E-state index is 0.487. The zero-order valence-electron chi connectivity index (χ0n) is 11.4. The molecule has 1 aliphatic rings. The summed E-state index contributed by atoms with van der Waals surface area (Å²) in [7, 11) is 1.63. The summed E-state index contributed by atoms with van der Waals surface area (Å²) >= 11 is 0. The summed E-state index contributed by atoms with van der Waals surface area (Å²) in [4.78, 5) is 8.58. The van der Waals surface area contributed by atoms with E-state index >= 15 is 0 Å². The van der Waals surface area contributed by atoms with Gasteiger partial charge in [-0.15, -0.1) is 0 Å². The van der Waals surface area contributed by atoms with Crippen LogP contribution in [0.4, 0.5) is 0 Å². The van der Waals surface area contributed by atoms with Gasteiger partial charge in [0, 0.05) is 6.04 Å². The maximum absolute atomic E-state index is 5.89. The molecule has 0 bridgehead atoms. The SMILES string of the molecule is COc1ccc(CN=C(N)NC2CCCCC2)nc1. The molecule has 5 heteroatoms. The fraction of sp³-hybridized carbons (Fsp3) is 0.571. The van der Waals surface area contributed by atoms with Gasteiger partial charge < -0.3 is 15.8 Å². The number of nitrogens with zero attached hydrogens (tertiary/aromatic N) is 2. The fourth-order valence-corrected chi connectivity index (χ4v) is 2.29. The van der Waals surface area contributed by atoms with Crippen molar-refractivity contribution in [3.63, 3.8) is 0 Å². The maximum Gasteiger partial charge on any atom is 0.189 e. The Kier molecular flexibility index (Phi) is 5.01. The second-order valence-electron chi connectivity index (χ2n) is 4.87. The van der Waals surface area contributed by atoms with Gasteiger partial charge in [-0.2, -0.15) is 0 Å². The van der Waals surface area contributed by atoms with Crippen LogP contribution in [-0.2, 0) is 6.54 Å².